The van der Waals surface area contributed by atoms with Gasteiger partial charge in [-0.15, -0.1) is 0 Å². The van der Waals surface area contributed by atoms with E-state index in [9.17, 15) is 14.4 Å². The Balaban J connectivity index is 4.16. The van der Waals surface area contributed by atoms with Crippen molar-refractivity contribution in [3.8, 4) is 0 Å². The lowest BCUT2D eigenvalue weighted by Crippen LogP contribution is -2.30. The highest BCUT2D eigenvalue weighted by molar-refractivity contribution is 5.71. The van der Waals surface area contributed by atoms with Crippen LogP contribution in [0.15, 0.2) is 0 Å². The predicted molar refractivity (Wildman–Crippen MR) is 220 cm³/mol. The monoisotopic (exact) mass is 737 g/mol. The molecule has 0 aromatic carbocycles. The molecule has 0 heterocycles. The number of esters is 3. The Hall–Kier alpha value is -1.59. The van der Waals surface area contributed by atoms with E-state index in [1.807, 2.05) is 0 Å². The van der Waals surface area contributed by atoms with Crippen molar-refractivity contribution < 1.29 is 28.6 Å². The Kier molecular flexibility index (Phi) is 37.9. The van der Waals surface area contributed by atoms with Crippen LogP contribution >= 0.6 is 0 Å². The lowest BCUT2D eigenvalue weighted by atomic mass is 10.0. The number of ether oxygens (including phenoxy) is 3. The molecule has 0 saturated carbocycles. The molecule has 0 amide bonds. The lowest BCUT2D eigenvalue weighted by molar-refractivity contribution is -0.167. The van der Waals surface area contributed by atoms with Crippen molar-refractivity contribution in [3.05, 3.63) is 0 Å². The zero-order valence-electron chi connectivity index (χ0n) is 35.4. The van der Waals surface area contributed by atoms with E-state index < -0.39 is 6.10 Å². The maximum absolute atomic E-state index is 12.6. The summed E-state index contributed by atoms with van der Waals surface area (Å²) in [5.41, 5.74) is 0. The van der Waals surface area contributed by atoms with Gasteiger partial charge in [0.25, 0.3) is 0 Å². The average Bonchev–Trinajstić information content (AvgIpc) is 3.11. The molecule has 0 fully saturated rings. The Labute approximate surface area is 323 Å². The third-order valence-corrected chi connectivity index (χ3v) is 10.2. The van der Waals surface area contributed by atoms with Crippen LogP contribution in [0.1, 0.15) is 247 Å². The molecule has 0 aliphatic rings. The highest BCUT2D eigenvalue weighted by Gasteiger charge is 2.19. The maximum Gasteiger partial charge on any atom is 0.306 e. The molecule has 0 saturated heterocycles. The van der Waals surface area contributed by atoms with Crippen LogP contribution in [0, 0.1) is 11.8 Å². The molecule has 0 rings (SSSR count). The van der Waals surface area contributed by atoms with E-state index >= 15 is 0 Å². The second kappa shape index (κ2) is 39.1. The van der Waals surface area contributed by atoms with Crippen molar-refractivity contribution in [1.82, 2.24) is 0 Å². The zero-order chi connectivity index (χ0) is 38.3. The van der Waals surface area contributed by atoms with E-state index in [4.69, 9.17) is 14.2 Å². The molecule has 0 aromatic heterocycles. The molecule has 0 radical (unpaired) electrons. The van der Waals surface area contributed by atoms with E-state index in [0.717, 1.165) is 69.6 Å². The Morgan fingerprint density at radius 1 is 0.365 bits per heavy atom. The standard InChI is InChI=1S/C46H88O6/c1-6-7-8-9-19-28-33-38-46(49)52-43(40-51-45(48)37-32-27-23-22-25-30-35-42(4)5)39-50-44(47)36-31-26-21-18-16-14-12-10-11-13-15-17-20-24-29-34-41(2)3/h41-43H,6-40H2,1-5H3/t43-/m1/s1. The van der Waals surface area contributed by atoms with Gasteiger partial charge in [0, 0.05) is 19.3 Å². The van der Waals surface area contributed by atoms with Crippen molar-refractivity contribution in [2.75, 3.05) is 13.2 Å². The minimum absolute atomic E-state index is 0.0659. The molecular weight excluding hydrogens is 649 g/mol. The van der Waals surface area contributed by atoms with Crippen LogP contribution in [0.4, 0.5) is 0 Å². The zero-order valence-corrected chi connectivity index (χ0v) is 35.4. The fraction of sp³-hybridized carbons (Fsp3) is 0.935. The summed E-state index contributed by atoms with van der Waals surface area (Å²) in [5, 5.41) is 0. The molecule has 0 aliphatic heterocycles. The minimum Gasteiger partial charge on any atom is -0.462 e. The topological polar surface area (TPSA) is 78.9 Å². The van der Waals surface area contributed by atoms with Gasteiger partial charge in [0.1, 0.15) is 13.2 Å². The van der Waals surface area contributed by atoms with Gasteiger partial charge in [-0.1, -0.05) is 208 Å². The number of hydrogen-bond donors (Lipinski definition) is 0. The highest BCUT2D eigenvalue weighted by atomic mass is 16.6. The first kappa shape index (κ1) is 50.4. The normalized spacial score (nSPS) is 12.1. The van der Waals surface area contributed by atoms with Gasteiger partial charge in [0.2, 0.25) is 0 Å². The summed E-state index contributed by atoms with van der Waals surface area (Å²) in [6, 6.07) is 0. The fourth-order valence-electron chi connectivity index (χ4n) is 6.75. The fourth-order valence-corrected chi connectivity index (χ4v) is 6.75. The largest absolute Gasteiger partial charge is 0.462 e. The average molecular weight is 737 g/mol. The molecule has 1 atom stereocenters. The third-order valence-electron chi connectivity index (χ3n) is 10.2. The molecule has 0 aromatic rings. The van der Waals surface area contributed by atoms with Crippen molar-refractivity contribution in [2.24, 2.45) is 11.8 Å². The second-order valence-corrected chi connectivity index (χ2v) is 16.6. The number of hydrogen-bond acceptors (Lipinski definition) is 6. The number of unbranched alkanes of at least 4 members (excludes halogenated alkanes) is 25. The van der Waals surface area contributed by atoms with E-state index in [1.54, 1.807) is 0 Å². The number of carbonyl (C=O) groups is 3. The highest BCUT2D eigenvalue weighted by Crippen LogP contribution is 2.16. The van der Waals surface area contributed by atoms with Crippen molar-refractivity contribution >= 4 is 17.9 Å². The van der Waals surface area contributed by atoms with Gasteiger partial charge in [-0.2, -0.15) is 0 Å². The molecule has 308 valence electrons. The second-order valence-electron chi connectivity index (χ2n) is 16.6. The van der Waals surface area contributed by atoms with Crippen LogP contribution in [0.25, 0.3) is 0 Å². The van der Waals surface area contributed by atoms with E-state index in [0.29, 0.717) is 19.3 Å². The minimum atomic E-state index is -0.759. The molecule has 0 N–H and O–H groups in total. The van der Waals surface area contributed by atoms with E-state index in [1.165, 1.54) is 135 Å². The Morgan fingerprint density at radius 2 is 0.635 bits per heavy atom. The Morgan fingerprint density at radius 3 is 0.942 bits per heavy atom. The first-order chi connectivity index (χ1) is 25.2. The van der Waals surface area contributed by atoms with Crippen LogP contribution in [0.2, 0.25) is 0 Å². The molecular formula is C46H88O6. The van der Waals surface area contributed by atoms with Gasteiger partial charge in [0.05, 0.1) is 0 Å². The molecule has 6 nitrogen and oxygen atoms in total. The summed E-state index contributed by atoms with van der Waals surface area (Å²) in [4.78, 5) is 37.5. The molecule has 0 spiro atoms. The SMILES string of the molecule is CCCCCCCCCC(=O)O[C@H](COC(=O)CCCCCCCCCCCCCCCCCC(C)C)COC(=O)CCCCCCCCC(C)C. The molecule has 0 unspecified atom stereocenters. The van der Waals surface area contributed by atoms with Gasteiger partial charge >= 0.3 is 17.9 Å². The number of rotatable bonds is 40. The van der Waals surface area contributed by atoms with E-state index in [2.05, 4.69) is 34.6 Å². The van der Waals surface area contributed by atoms with Crippen molar-refractivity contribution in [2.45, 2.75) is 253 Å². The first-order valence-corrected chi connectivity index (χ1v) is 22.7. The van der Waals surface area contributed by atoms with Gasteiger partial charge in [-0.05, 0) is 31.1 Å². The molecule has 6 heteroatoms. The predicted octanol–water partition coefficient (Wildman–Crippen LogP) is 14.2. The lowest BCUT2D eigenvalue weighted by Gasteiger charge is -2.18. The first-order valence-electron chi connectivity index (χ1n) is 22.7. The summed E-state index contributed by atoms with van der Waals surface area (Å²) in [7, 11) is 0. The quantitative estimate of drug-likeness (QED) is 0.0354. The van der Waals surface area contributed by atoms with Crippen molar-refractivity contribution in [3.63, 3.8) is 0 Å². The summed E-state index contributed by atoms with van der Waals surface area (Å²) >= 11 is 0. The summed E-state index contributed by atoms with van der Waals surface area (Å²) < 4.78 is 16.6. The summed E-state index contributed by atoms with van der Waals surface area (Å²) in [6.45, 7) is 11.2. The number of carbonyl (C=O) groups excluding carboxylic acids is 3. The van der Waals surface area contributed by atoms with Gasteiger partial charge < -0.3 is 14.2 Å². The summed E-state index contributed by atoms with van der Waals surface area (Å²) in [5.74, 6) is 0.744. The molecule has 0 aliphatic carbocycles. The molecule has 0 bridgehead atoms. The summed E-state index contributed by atoms with van der Waals surface area (Å²) in [6.07, 6.45) is 36.9. The van der Waals surface area contributed by atoms with Gasteiger partial charge in [-0.25, -0.2) is 0 Å². The third kappa shape index (κ3) is 39.6. The van der Waals surface area contributed by atoms with Gasteiger partial charge in [0.15, 0.2) is 6.10 Å². The van der Waals surface area contributed by atoms with Crippen LogP contribution in [-0.2, 0) is 28.6 Å². The smallest absolute Gasteiger partial charge is 0.306 e. The molecule has 52 heavy (non-hydrogen) atoms. The van der Waals surface area contributed by atoms with E-state index in [-0.39, 0.29) is 31.1 Å². The van der Waals surface area contributed by atoms with Crippen molar-refractivity contribution in [1.29, 1.82) is 0 Å². The van der Waals surface area contributed by atoms with Crippen LogP contribution < -0.4 is 0 Å². The van der Waals surface area contributed by atoms with Crippen LogP contribution in [0.5, 0.6) is 0 Å². The van der Waals surface area contributed by atoms with Gasteiger partial charge in [-0.3, -0.25) is 14.4 Å². The van der Waals surface area contributed by atoms with Crippen LogP contribution in [-0.4, -0.2) is 37.2 Å². The Bertz CT molecular complexity index is 794. The maximum atomic E-state index is 12.6. The van der Waals surface area contributed by atoms with Crippen LogP contribution in [0.3, 0.4) is 0 Å².